The Balaban J connectivity index is 1.50. The van der Waals surface area contributed by atoms with Gasteiger partial charge in [-0.1, -0.05) is 18.2 Å². The molecule has 1 fully saturated rings. The van der Waals surface area contributed by atoms with E-state index in [0.29, 0.717) is 30.5 Å². The summed E-state index contributed by atoms with van der Waals surface area (Å²) in [4.78, 5) is 14.3. The molecular weight excluding hydrogens is 309 g/mol. The summed E-state index contributed by atoms with van der Waals surface area (Å²) in [6.45, 7) is 3.00. The van der Waals surface area contributed by atoms with Crippen molar-refractivity contribution in [3.8, 4) is 0 Å². The summed E-state index contributed by atoms with van der Waals surface area (Å²) in [6.07, 6.45) is 2.10. The average Bonchev–Trinajstić information content (AvgIpc) is 3.02. The molecule has 2 heterocycles. The highest BCUT2D eigenvalue weighted by atomic mass is 19.1. The molecule has 0 aliphatic carbocycles. The number of nitrogens with zero attached hydrogens (tertiary/aromatic N) is 2. The summed E-state index contributed by atoms with van der Waals surface area (Å²) in [5.74, 6) is 0.291. The molecule has 0 spiro atoms. The lowest BCUT2D eigenvalue weighted by atomic mass is 9.97. The number of piperidine rings is 1. The van der Waals surface area contributed by atoms with Gasteiger partial charge in [0.1, 0.15) is 17.3 Å². The van der Waals surface area contributed by atoms with Gasteiger partial charge in [-0.05, 0) is 31.4 Å². The number of anilines is 1. The Morgan fingerprint density at radius 3 is 3.04 bits per heavy atom. The molecule has 1 atom stereocenters. The first kappa shape index (κ1) is 16.4. The number of halogens is 1. The maximum Gasteiger partial charge on any atom is 0.269 e. The number of amides is 1. The summed E-state index contributed by atoms with van der Waals surface area (Å²) < 4.78 is 13.8. The first-order valence-electron chi connectivity index (χ1n) is 8.16. The predicted octanol–water partition coefficient (Wildman–Crippen LogP) is 1.77. The molecule has 1 aromatic heterocycles. The topological polar surface area (TPSA) is 87.0 Å². The molecule has 7 heteroatoms. The van der Waals surface area contributed by atoms with Crippen molar-refractivity contribution in [3.63, 3.8) is 0 Å². The Labute approximate surface area is 140 Å². The second-order valence-electron chi connectivity index (χ2n) is 6.25. The van der Waals surface area contributed by atoms with Gasteiger partial charge in [-0.15, -0.1) is 0 Å². The number of nitrogens with two attached hydrogens (primary N) is 1. The van der Waals surface area contributed by atoms with Crippen molar-refractivity contribution >= 4 is 11.7 Å². The Morgan fingerprint density at radius 2 is 2.29 bits per heavy atom. The molecule has 6 nitrogen and oxygen atoms in total. The van der Waals surface area contributed by atoms with Crippen molar-refractivity contribution in [1.82, 2.24) is 20.4 Å². The summed E-state index contributed by atoms with van der Waals surface area (Å²) in [5, 5.41) is 9.26. The number of benzene rings is 1. The average molecular weight is 331 g/mol. The van der Waals surface area contributed by atoms with Crippen LogP contribution in [0.2, 0.25) is 0 Å². The molecule has 0 unspecified atom stereocenters. The fraction of sp³-hybridized carbons (Fsp3) is 0.412. The van der Waals surface area contributed by atoms with Crippen molar-refractivity contribution in [2.75, 3.05) is 25.4 Å². The molecule has 0 saturated carbocycles. The maximum atomic E-state index is 13.8. The Morgan fingerprint density at radius 1 is 1.46 bits per heavy atom. The van der Waals surface area contributed by atoms with Crippen LogP contribution in [0.25, 0.3) is 0 Å². The fourth-order valence-electron chi connectivity index (χ4n) is 3.11. The van der Waals surface area contributed by atoms with Gasteiger partial charge >= 0.3 is 0 Å². The number of H-pyrrole nitrogens is 1. The van der Waals surface area contributed by atoms with E-state index in [9.17, 15) is 9.18 Å². The van der Waals surface area contributed by atoms with Crippen LogP contribution in [-0.4, -0.2) is 40.6 Å². The van der Waals surface area contributed by atoms with Crippen LogP contribution in [0, 0.1) is 11.7 Å². The molecule has 24 heavy (non-hydrogen) atoms. The fourth-order valence-corrected chi connectivity index (χ4v) is 3.11. The van der Waals surface area contributed by atoms with Crippen molar-refractivity contribution in [2.45, 2.75) is 19.4 Å². The van der Waals surface area contributed by atoms with Gasteiger partial charge in [0.15, 0.2) is 0 Å². The van der Waals surface area contributed by atoms with Crippen LogP contribution < -0.4 is 11.1 Å². The maximum absolute atomic E-state index is 13.8. The van der Waals surface area contributed by atoms with Crippen molar-refractivity contribution < 1.29 is 9.18 Å². The van der Waals surface area contributed by atoms with Gasteiger partial charge in [-0.2, -0.15) is 5.10 Å². The minimum atomic E-state index is -0.203. The first-order valence-corrected chi connectivity index (χ1v) is 8.16. The van der Waals surface area contributed by atoms with E-state index >= 15 is 0 Å². The Hall–Kier alpha value is -2.41. The molecule has 128 valence electrons. The van der Waals surface area contributed by atoms with E-state index < -0.39 is 0 Å². The third kappa shape index (κ3) is 4.11. The van der Waals surface area contributed by atoms with E-state index in [2.05, 4.69) is 20.4 Å². The Bertz CT molecular complexity index is 702. The largest absolute Gasteiger partial charge is 0.382 e. The lowest BCUT2D eigenvalue weighted by Crippen LogP contribution is -2.40. The quantitative estimate of drug-likeness (QED) is 0.779. The number of hydrogen-bond acceptors (Lipinski definition) is 4. The van der Waals surface area contributed by atoms with E-state index in [1.807, 2.05) is 12.1 Å². The molecule has 1 aromatic carbocycles. The molecule has 1 amide bonds. The lowest BCUT2D eigenvalue weighted by molar-refractivity contribution is 0.0925. The molecule has 1 aliphatic rings. The number of rotatable bonds is 5. The van der Waals surface area contributed by atoms with Crippen LogP contribution in [0.1, 0.15) is 28.9 Å². The zero-order valence-electron chi connectivity index (χ0n) is 13.5. The minimum Gasteiger partial charge on any atom is -0.382 e. The standard InChI is InChI=1S/C17H22FN5O/c18-14-6-2-1-5-13(14)11-23-7-3-4-12(10-23)9-20-17(24)15-8-16(19)22-21-15/h1-2,5-6,8,12H,3-4,7,9-11H2,(H,20,24)(H3,19,21,22)/t12-/m0/s1. The Kier molecular flexibility index (Phi) is 5.10. The number of nitrogens with one attached hydrogen (secondary N) is 2. The van der Waals surface area contributed by atoms with E-state index in [1.165, 1.54) is 12.1 Å². The van der Waals surface area contributed by atoms with Crippen molar-refractivity contribution in [1.29, 1.82) is 0 Å². The van der Waals surface area contributed by atoms with Crippen LogP contribution >= 0.6 is 0 Å². The number of nitrogen functional groups attached to an aromatic ring is 1. The van der Waals surface area contributed by atoms with Gasteiger partial charge in [-0.3, -0.25) is 14.8 Å². The van der Waals surface area contributed by atoms with E-state index in [4.69, 9.17) is 5.73 Å². The van der Waals surface area contributed by atoms with Gasteiger partial charge in [-0.25, -0.2) is 4.39 Å². The zero-order chi connectivity index (χ0) is 16.9. The number of hydrogen-bond donors (Lipinski definition) is 3. The van der Waals surface area contributed by atoms with E-state index in [1.54, 1.807) is 6.07 Å². The number of carbonyl (C=O) groups is 1. The van der Waals surface area contributed by atoms with Crippen molar-refractivity contribution in [2.24, 2.45) is 5.92 Å². The van der Waals surface area contributed by atoms with Crippen LogP contribution in [0.15, 0.2) is 30.3 Å². The molecule has 0 radical (unpaired) electrons. The number of aromatic amines is 1. The normalized spacial score (nSPS) is 18.5. The molecule has 2 aromatic rings. The predicted molar refractivity (Wildman–Crippen MR) is 89.7 cm³/mol. The van der Waals surface area contributed by atoms with Gasteiger partial charge < -0.3 is 11.1 Å². The molecule has 1 saturated heterocycles. The highest BCUT2D eigenvalue weighted by Crippen LogP contribution is 2.19. The molecule has 3 rings (SSSR count). The van der Waals surface area contributed by atoms with Crippen LogP contribution in [0.4, 0.5) is 10.2 Å². The van der Waals surface area contributed by atoms with Crippen molar-refractivity contribution in [3.05, 3.63) is 47.4 Å². The molecule has 0 bridgehead atoms. The highest BCUT2D eigenvalue weighted by molar-refractivity contribution is 5.92. The number of likely N-dealkylation sites (tertiary alicyclic amines) is 1. The highest BCUT2D eigenvalue weighted by Gasteiger charge is 2.21. The monoisotopic (exact) mass is 331 g/mol. The SMILES string of the molecule is Nc1cc(C(=O)NC[C@@H]2CCCN(Cc3ccccc3F)C2)[nH]n1. The van der Waals surface area contributed by atoms with Crippen LogP contribution in [0.3, 0.4) is 0 Å². The lowest BCUT2D eigenvalue weighted by Gasteiger charge is -2.32. The van der Waals surface area contributed by atoms with Gasteiger partial charge in [0.25, 0.3) is 5.91 Å². The van der Waals surface area contributed by atoms with Gasteiger partial charge in [0.05, 0.1) is 0 Å². The third-order valence-electron chi connectivity index (χ3n) is 4.35. The zero-order valence-corrected chi connectivity index (χ0v) is 13.5. The summed E-state index contributed by atoms with van der Waals surface area (Å²) in [5.41, 5.74) is 6.58. The van der Waals surface area contributed by atoms with E-state index in [-0.39, 0.29) is 11.7 Å². The van der Waals surface area contributed by atoms with Gasteiger partial charge in [0.2, 0.25) is 0 Å². The van der Waals surface area contributed by atoms with Crippen LogP contribution in [0.5, 0.6) is 0 Å². The smallest absolute Gasteiger partial charge is 0.269 e. The number of aromatic nitrogens is 2. The summed E-state index contributed by atoms with van der Waals surface area (Å²) in [6, 6.07) is 8.39. The molecule has 4 N–H and O–H groups in total. The molecule has 1 aliphatic heterocycles. The van der Waals surface area contributed by atoms with Gasteiger partial charge in [0, 0.05) is 31.3 Å². The number of carbonyl (C=O) groups excluding carboxylic acids is 1. The minimum absolute atomic E-state index is 0.162. The summed E-state index contributed by atoms with van der Waals surface area (Å²) >= 11 is 0. The van der Waals surface area contributed by atoms with E-state index in [0.717, 1.165) is 31.5 Å². The molecular formula is C17H22FN5O. The second kappa shape index (κ2) is 7.44. The summed E-state index contributed by atoms with van der Waals surface area (Å²) in [7, 11) is 0. The third-order valence-corrected chi connectivity index (χ3v) is 4.35. The van der Waals surface area contributed by atoms with Crippen LogP contribution in [-0.2, 0) is 6.54 Å². The first-order chi connectivity index (χ1) is 11.6. The second-order valence-corrected chi connectivity index (χ2v) is 6.25.